The van der Waals surface area contributed by atoms with Gasteiger partial charge in [-0.3, -0.25) is 9.59 Å². The van der Waals surface area contributed by atoms with Gasteiger partial charge in [0.15, 0.2) is 0 Å². The van der Waals surface area contributed by atoms with Gasteiger partial charge in [0.2, 0.25) is 7.41 Å². The van der Waals surface area contributed by atoms with Crippen LogP contribution in [0, 0.1) is 5.92 Å². The lowest BCUT2D eigenvalue weighted by Crippen LogP contribution is -2.51. The first-order chi connectivity index (χ1) is 9.99. The first-order valence-electron chi connectivity index (χ1n) is 6.83. The molecule has 0 saturated carbocycles. The maximum Gasteiger partial charge on any atom is 0.316 e. The standard InChI is InChI=1S/C13H14BBrClN3O2/c1-14-18-4-7(5-18)6-19-11-3-9(16)8(15)2-10(11)17-12(20)13(19)21/h2-3,7,14H,4-6H2,1H3,(H,17,20). The van der Waals surface area contributed by atoms with Crippen LogP contribution in [0.5, 0.6) is 0 Å². The summed E-state index contributed by atoms with van der Waals surface area (Å²) in [7, 11) is 1.01. The molecule has 110 valence electrons. The topological polar surface area (TPSA) is 58.1 Å². The molecule has 1 saturated heterocycles. The lowest BCUT2D eigenvalue weighted by atomic mass is 9.85. The van der Waals surface area contributed by atoms with Crippen LogP contribution in [0.4, 0.5) is 0 Å². The molecule has 1 aromatic carbocycles. The Bertz CT molecular complexity index is 813. The van der Waals surface area contributed by atoms with Crippen LogP contribution in [0.2, 0.25) is 11.8 Å². The predicted molar refractivity (Wildman–Crippen MR) is 89.6 cm³/mol. The second-order valence-electron chi connectivity index (χ2n) is 5.37. The summed E-state index contributed by atoms with van der Waals surface area (Å²) in [6.07, 6.45) is 0. The molecule has 21 heavy (non-hydrogen) atoms. The number of fused-ring (bicyclic) bond motifs is 1. The molecule has 0 atom stereocenters. The smallest absolute Gasteiger partial charge is 0.316 e. The van der Waals surface area contributed by atoms with Crippen LogP contribution in [-0.4, -0.2) is 34.9 Å². The highest BCUT2D eigenvalue weighted by Crippen LogP contribution is 2.27. The second kappa shape index (κ2) is 5.63. The number of hydrogen-bond acceptors (Lipinski definition) is 3. The van der Waals surface area contributed by atoms with Crippen molar-refractivity contribution >= 4 is 46.0 Å². The van der Waals surface area contributed by atoms with Crippen LogP contribution in [0.1, 0.15) is 0 Å². The molecule has 0 radical (unpaired) electrons. The van der Waals surface area contributed by atoms with Crippen molar-refractivity contribution in [2.24, 2.45) is 5.92 Å². The van der Waals surface area contributed by atoms with Gasteiger partial charge in [-0.1, -0.05) is 18.4 Å². The number of H-pyrrole nitrogens is 1. The van der Waals surface area contributed by atoms with Crippen molar-refractivity contribution in [1.82, 2.24) is 14.4 Å². The van der Waals surface area contributed by atoms with Crippen molar-refractivity contribution in [2.45, 2.75) is 13.4 Å². The minimum atomic E-state index is -0.594. The molecule has 0 amide bonds. The molecule has 3 rings (SSSR count). The lowest BCUT2D eigenvalue weighted by Gasteiger charge is -2.39. The summed E-state index contributed by atoms with van der Waals surface area (Å²) in [5.74, 6) is 0.398. The summed E-state index contributed by atoms with van der Waals surface area (Å²) < 4.78 is 2.24. The van der Waals surface area contributed by atoms with E-state index in [1.165, 1.54) is 0 Å². The van der Waals surface area contributed by atoms with E-state index in [1.807, 2.05) is 0 Å². The van der Waals surface area contributed by atoms with E-state index in [1.54, 1.807) is 16.7 Å². The van der Waals surface area contributed by atoms with E-state index in [0.717, 1.165) is 20.5 Å². The Morgan fingerprint density at radius 1 is 1.43 bits per heavy atom. The third-order valence-electron chi connectivity index (χ3n) is 3.94. The van der Waals surface area contributed by atoms with Crippen molar-refractivity contribution in [2.75, 3.05) is 13.1 Å². The zero-order valence-electron chi connectivity index (χ0n) is 11.5. The summed E-state index contributed by atoms with van der Waals surface area (Å²) in [5.41, 5.74) is 0.171. The van der Waals surface area contributed by atoms with E-state index >= 15 is 0 Å². The van der Waals surface area contributed by atoms with Gasteiger partial charge < -0.3 is 14.4 Å². The van der Waals surface area contributed by atoms with Crippen LogP contribution in [-0.2, 0) is 6.54 Å². The first kappa shape index (κ1) is 14.9. The number of aromatic nitrogens is 2. The fraction of sp³-hybridized carbons (Fsp3) is 0.385. The Hall–Kier alpha value is -1.05. The van der Waals surface area contributed by atoms with Crippen LogP contribution in [0.3, 0.4) is 0 Å². The molecule has 1 fully saturated rings. The summed E-state index contributed by atoms with van der Waals surface area (Å²) in [5, 5.41) is 0.520. The first-order valence-corrected chi connectivity index (χ1v) is 8.01. The monoisotopic (exact) mass is 369 g/mol. The van der Waals surface area contributed by atoms with Gasteiger partial charge >= 0.3 is 11.1 Å². The molecule has 2 aromatic rings. The van der Waals surface area contributed by atoms with E-state index in [9.17, 15) is 9.59 Å². The van der Waals surface area contributed by atoms with Gasteiger partial charge in [-0.2, -0.15) is 0 Å². The van der Waals surface area contributed by atoms with Crippen LogP contribution < -0.4 is 11.1 Å². The van der Waals surface area contributed by atoms with Gasteiger partial charge in [0.25, 0.3) is 0 Å². The van der Waals surface area contributed by atoms with Crippen LogP contribution >= 0.6 is 27.5 Å². The number of nitrogens with zero attached hydrogens (tertiary/aromatic N) is 2. The summed E-state index contributed by atoms with van der Waals surface area (Å²) in [6, 6.07) is 3.45. The summed E-state index contributed by atoms with van der Waals surface area (Å²) in [6.45, 7) is 4.58. The SMILES string of the molecule is CBN1CC(Cn2c(=O)c(=O)[nH]c3cc(Br)c(Cl)cc32)C1. The maximum absolute atomic E-state index is 12.2. The molecule has 1 N–H and O–H groups in total. The average Bonchev–Trinajstić information content (AvgIpc) is 2.40. The third-order valence-corrected chi connectivity index (χ3v) is 5.13. The average molecular weight is 370 g/mol. The molecule has 8 heteroatoms. The highest BCUT2D eigenvalue weighted by Gasteiger charge is 2.26. The van der Waals surface area contributed by atoms with Crippen molar-refractivity contribution in [3.05, 3.63) is 42.3 Å². The van der Waals surface area contributed by atoms with Crippen molar-refractivity contribution in [1.29, 1.82) is 0 Å². The highest BCUT2D eigenvalue weighted by atomic mass is 79.9. The molecular formula is C13H14BBrClN3O2. The largest absolute Gasteiger partial charge is 0.345 e. The summed E-state index contributed by atoms with van der Waals surface area (Å²) >= 11 is 9.45. The molecule has 5 nitrogen and oxygen atoms in total. The van der Waals surface area contributed by atoms with E-state index in [-0.39, 0.29) is 0 Å². The van der Waals surface area contributed by atoms with Crippen LogP contribution in [0.25, 0.3) is 11.0 Å². The zero-order chi connectivity index (χ0) is 15.1. The molecule has 0 aliphatic carbocycles. The number of halogens is 2. The van der Waals surface area contributed by atoms with Gasteiger partial charge in [-0.15, -0.1) is 0 Å². The Kier molecular flexibility index (Phi) is 3.99. The number of hydrogen-bond donors (Lipinski definition) is 1. The molecular weight excluding hydrogens is 356 g/mol. The van der Waals surface area contributed by atoms with E-state index in [0.29, 0.717) is 33.0 Å². The number of rotatable bonds is 3. The molecule has 0 bridgehead atoms. The molecule has 2 heterocycles. The fourth-order valence-electron chi connectivity index (χ4n) is 2.76. The number of aromatic amines is 1. The summed E-state index contributed by atoms with van der Waals surface area (Å²) in [4.78, 5) is 28.9. The Morgan fingerprint density at radius 2 is 2.14 bits per heavy atom. The van der Waals surface area contributed by atoms with Crippen molar-refractivity contribution in [3.8, 4) is 0 Å². The Morgan fingerprint density at radius 3 is 2.81 bits per heavy atom. The molecule has 0 spiro atoms. The van der Waals surface area contributed by atoms with Gasteiger partial charge in [-0.25, -0.2) is 0 Å². The lowest BCUT2D eigenvalue weighted by molar-refractivity contribution is 0.181. The van der Waals surface area contributed by atoms with Gasteiger partial charge in [0.05, 0.1) is 16.1 Å². The van der Waals surface area contributed by atoms with E-state index in [2.05, 4.69) is 32.5 Å². The van der Waals surface area contributed by atoms with Crippen molar-refractivity contribution in [3.63, 3.8) is 0 Å². The zero-order valence-corrected chi connectivity index (χ0v) is 13.9. The third kappa shape index (κ3) is 2.70. The minimum Gasteiger partial charge on any atom is -0.345 e. The normalized spacial score (nSPS) is 16.1. The number of nitrogens with one attached hydrogen (secondary N) is 1. The fourth-order valence-corrected chi connectivity index (χ4v) is 3.26. The maximum atomic E-state index is 12.2. The minimum absolute atomic E-state index is 0.398. The van der Waals surface area contributed by atoms with Gasteiger partial charge in [-0.05, 0) is 41.2 Å². The van der Waals surface area contributed by atoms with Gasteiger partial charge in [0.1, 0.15) is 0 Å². The van der Waals surface area contributed by atoms with Gasteiger partial charge in [0, 0.05) is 16.9 Å². The highest BCUT2D eigenvalue weighted by molar-refractivity contribution is 9.10. The number of benzene rings is 1. The van der Waals surface area contributed by atoms with E-state index in [4.69, 9.17) is 11.6 Å². The van der Waals surface area contributed by atoms with E-state index < -0.39 is 11.1 Å². The molecule has 0 unspecified atom stereocenters. The molecule has 1 aliphatic rings. The quantitative estimate of drug-likeness (QED) is 0.657. The van der Waals surface area contributed by atoms with Crippen LogP contribution in [0.15, 0.2) is 26.2 Å². The van der Waals surface area contributed by atoms with Crippen molar-refractivity contribution < 1.29 is 0 Å². The Labute approximate surface area is 135 Å². The second-order valence-corrected chi connectivity index (χ2v) is 6.63. The molecule has 1 aliphatic heterocycles. The Balaban J connectivity index is 2.07. The molecule has 1 aromatic heterocycles. The predicted octanol–water partition coefficient (Wildman–Crippen LogP) is 1.44.